The second-order valence-corrected chi connectivity index (χ2v) is 7.07. The number of hydrogen-bond acceptors (Lipinski definition) is 5. The standard InChI is InChI=1S/C18H23N3O2S/c22-12-16-8-4-5-9-21(16)11-15-13-24-18(20-15)10-17(23)19-14-6-2-1-3-7-14/h1-3,6-7,13,16,22H,4-5,8-12H2,(H,19,23). The average molecular weight is 345 g/mol. The highest BCUT2D eigenvalue weighted by Gasteiger charge is 2.22. The lowest BCUT2D eigenvalue weighted by Gasteiger charge is -2.33. The molecule has 3 rings (SSSR count). The Morgan fingerprint density at radius 2 is 2.17 bits per heavy atom. The second kappa shape index (κ2) is 8.37. The number of aromatic nitrogens is 1. The Kier molecular flexibility index (Phi) is 5.96. The molecule has 0 radical (unpaired) electrons. The van der Waals surface area contributed by atoms with Gasteiger partial charge in [0, 0.05) is 23.7 Å². The van der Waals surface area contributed by atoms with E-state index in [4.69, 9.17) is 0 Å². The fraction of sp³-hybridized carbons (Fsp3) is 0.444. The van der Waals surface area contributed by atoms with Gasteiger partial charge in [-0.25, -0.2) is 4.98 Å². The van der Waals surface area contributed by atoms with Crippen molar-refractivity contribution in [3.05, 3.63) is 46.4 Å². The van der Waals surface area contributed by atoms with E-state index in [1.807, 2.05) is 35.7 Å². The van der Waals surface area contributed by atoms with Crippen LogP contribution in [0.25, 0.3) is 0 Å². The van der Waals surface area contributed by atoms with Gasteiger partial charge in [-0.3, -0.25) is 9.69 Å². The fourth-order valence-corrected chi connectivity index (χ4v) is 3.83. The number of hydrogen-bond donors (Lipinski definition) is 2. The Labute approximate surface area is 146 Å². The maximum Gasteiger partial charge on any atom is 0.231 e. The number of likely N-dealkylation sites (tertiary alicyclic amines) is 1. The summed E-state index contributed by atoms with van der Waals surface area (Å²) in [5.74, 6) is -0.0479. The number of para-hydroxylation sites is 1. The summed E-state index contributed by atoms with van der Waals surface area (Å²) in [5.41, 5.74) is 1.79. The molecule has 2 N–H and O–H groups in total. The minimum Gasteiger partial charge on any atom is -0.395 e. The molecular weight excluding hydrogens is 322 g/mol. The lowest BCUT2D eigenvalue weighted by Crippen LogP contribution is -2.41. The Bertz CT molecular complexity index is 659. The minimum atomic E-state index is -0.0479. The average Bonchev–Trinajstić information content (AvgIpc) is 3.03. The monoisotopic (exact) mass is 345 g/mol. The molecule has 0 bridgehead atoms. The van der Waals surface area contributed by atoms with Gasteiger partial charge in [0.15, 0.2) is 0 Å². The van der Waals surface area contributed by atoms with E-state index < -0.39 is 0 Å². The van der Waals surface area contributed by atoms with Crippen LogP contribution in [-0.2, 0) is 17.8 Å². The summed E-state index contributed by atoms with van der Waals surface area (Å²) >= 11 is 1.52. The number of amides is 1. The molecule has 1 aromatic heterocycles. The van der Waals surface area contributed by atoms with Crippen LogP contribution in [0.5, 0.6) is 0 Å². The van der Waals surface area contributed by atoms with Gasteiger partial charge in [0.05, 0.1) is 18.7 Å². The smallest absolute Gasteiger partial charge is 0.231 e. The van der Waals surface area contributed by atoms with Gasteiger partial charge in [0.1, 0.15) is 5.01 Å². The highest BCUT2D eigenvalue weighted by atomic mass is 32.1. The Morgan fingerprint density at radius 3 is 2.96 bits per heavy atom. The zero-order valence-electron chi connectivity index (χ0n) is 13.6. The van der Waals surface area contributed by atoms with Crippen LogP contribution in [0.15, 0.2) is 35.7 Å². The molecule has 1 aliphatic rings. The van der Waals surface area contributed by atoms with E-state index in [9.17, 15) is 9.90 Å². The molecule has 1 saturated heterocycles. The van der Waals surface area contributed by atoms with Gasteiger partial charge in [-0.15, -0.1) is 11.3 Å². The molecule has 1 unspecified atom stereocenters. The topological polar surface area (TPSA) is 65.5 Å². The van der Waals surface area contributed by atoms with Crippen LogP contribution in [0.1, 0.15) is 30.0 Å². The lowest BCUT2D eigenvalue weighted by atomic mass is 10.0. The first-order chi connectivity index (χ1) is 11.7. The van der Waals surface area contributed by atoms with E-state index in [1.165, 1.54) is 24.2 Å². The molecule has 0 saturated carbocycles. The van der Waals surface area contributed by atoms with Gasteiger partial charge in [-0.2, -0.15) is 0 Å². The van der Waals surface area contributed by atoms with Crippen LogP contribution in [0, 0.1) is 0 Å². The number of benzene rings is 1. The molecule has 1 aromatic carbocycles. The molecule has 128 valence electrons. The largest absolute Gasteiger partial charge is 0.395 e. The lowest BCUT2D eigenvalue weighted by molar-refractivity contribution is -0.115. The highest BCUT2D eigenvalue weighted by Crippen LogP contribution is 2.20. The first-order valence-electron chi connectivity index (χ1n) is 8.37. The van der Waals surface area contributed by atoms with Crippen molar-refractivity contribution in [3.8, 4) is 0 Å². The summed E-state index contributed by atoms with van der Waals surface area (Å²) in [4.78, 5) is 19.0. The van der Waals surface area contributed by atoms with E-state index >= 15 is 0 Å². The number of carbonyl (C=O) groups excluding carboxylic acids is 1. The summed E-state index contributed by atoms with van der Waals surface area (Å²) < 4.78 is 0. The van der Waals surface area contributed by atoms with Crippen molar-refractivity contribution in [1.82, 2.24) is 9.88 Å². The zero-order chi connectivity index (χ0) is 16.8. The molecule has 24 heavy (non-hydrogen) atoms. The van der Waals surface area contributed by atoms with Gasteiger partial charge < -0.3 is 10.4 Å². The molecular formula is C18H23N3O2S. The van der Waals surface area contributed by atoms with Crippen molar-refractivity contribution < 1.29 is 9.90 Å². The number of thiazole rings is 1. The zero-order valence-corrected chi connectivity index (χ0v) is 14.5. The molecule has 1 fully saturated rings. The van der Waals surface area contributed by atoms with Crippen LogP contribution in [0.3, 0.4) is 0 Å². The van der Waals surface area contributed by atoms with Crippen LogP contribution in [-0.4, -0.2) is 40.1 Å². The minimum absolute atomic E-state index is 0.0479. The van der Waals surface area contributed by atoms with Crippen molar-refractivity contribution in [2.45, 2.75) is 38.3 Å². The molecule has 5 nitrogen and oxygen atoms in total. The fourth-order valence-electron chi connectivity index (χ4n) is 3.05. The third-order valence-electron chi connectivity index (χ3n) is 4.29. The number of aliphatic hydroxyl groups excluding tert-OH is 1. The third kappa shape index (κ3) is 4.63. The molecule has 1 aliphatic heterocycles. The van der Waals surface area contributed by atoms with Crippen LogP contribution in [0.4, 0.5) is 5.69 Å². The van der Waals surface area contributed by atoms with Crippen LogP contribution < -0.4 is 5.32 Å². The van der Waals surface area contributed by atoms with Gasteiger partial charge in [-0.1, -0.05) is 24.6 Å². The second-order valence-electron chi connectivity index (χ2n) is 6.13. The van der Waals surface area contributed by atoms with Gasteiger partial charge in [0.25, 0.3) is 0 Å². The summed E-state index contributed by atoms with van der Waals surface area (Å²) in [6, 6.07) is 9.70. The highest BCUT2D eigenvalue weighted by molar-refractivity contribution is 7.09. The molecule has 0 aliphatic carbocycles. The summed E-state index contributed by atoms with van der Waals surface area (Å²) in [6.07, 6.45) is 3.70. The van der Waals surface area contributed by atoms with Gasteiger partial charge >= 0.3 is 0 Å². The molecule has 2 aromatic rings. The number of aliphatic hydroxyl groups is 1. The molecule has 1 atom stereocenters. The maximum absolute atomic E-state index is 12.1. The third-order valence-corrected chi connectivity index (χ3v) is 5.19. The van der Waals surface area contributed by atoms with Crippen molar-refractivity contribution in [1.29, 1.82) is 0 Å². The molecule has 6 heteroatoms. The van der Waals surface area contributed by atoms with Gasteiger partial charge in [0.2, 0.25) is 5.91 Å². The van der Waals surface area contributed by atoms with E-state index in [0.29, 0.717) is 6.42 Å². The van der Waals surface area contributed by atoms with Crippen molar-refractivity contribution in [2.75, 3.05) is 18.5 Å². The predicted octanol–water partition coefficient (Wildman–Crippen LogP) is 2.67. The molecule has 1 amide bonds. The number of carbonyl (C=O) groups is 1. The Hall–Kier alpha value is -1.76. The maximum atomic E-state index is 12.1. The van der Waals surface area contributed by atoms with Crippen molar-refractivity contribution in [3.63, 3.8) is 0 Å². The SMILES string of the molecule is O=C(Cc1nc(CN2CCCCC2CO)cs1)Nc1ccccc1. The first-order valence-corrected chi connectivity index (χ1v) is 9.25. The van der Waals surface area contributed by atoms with E-state index in [2.05, 4.69) is 15.2 Å². The first kappa shape index (κ1) is 17.1. The van der Waals surface area contributed by atoms with E-state index in [0.717, 1.165) is 35.9 Å². The van der Waals surface area contributed by atoms with E-state index in [1.54, 1.807) is 0 Å². The van der Waals surface area contributed by atoms with Crippen molar-refractivity contribution >= 4 is 22.9 Å². The Balaban J connectivity index is 1.54. The van der Waals surface area contributed by atoms with Crippen molar-refractivity contribution in [2.24, 2.45) is 0 Å². The number of anilines is 1. The normalized spacial score (nSPS) is 18.5. The van der Waals surface area contributed by atoms with Crippen LogP contribution >= 0.6 is 11.3 Å². The predicted molar refractivity (Wildman–Crippen MR) is 96.0 cm³/mol. The molecule has 2 heterocycles. The number of piperidine rings is 1. The summed E-state index contributed by atoms with van der Waals surface area (Å²) in [6.45, 7) is 1.96. The van der Waals surface area contributed by atoms with E-state index in [-0.39, 0.29) is 18.6 Å². The van der Waals surface area contributed by atoms with Crippen LogP contribution in [0.2, 0.25) is 0 Å². The number of nitrogens with zero attached hydrogens (tertiary/aromatic N) is 2. The Morgan fingerprint density at radius 1 is 1.33 bits per heavy atom. The summed E-state index contributed by atoms with van der Waals surface area (Å²) in [7, 11) is 0. The van der Waals surface area contributed by atoms with Gasteiger partial charge in [-0.05, 0) is 31.5 Å². The number of nitrogens with one attached hydrogen (secondary N) is 1. The quantitative estimate of drug-likeness (QED) is 0.845. The molecule has 0 spiro atoms. The number of rotatable bonds is 6. The summed E-state index contributed by atoms with van der Waals surface area (Å²) in [5, 5.41) is 15.2.